The minimum absolute atomic E-state index is 0.611. The molecule has 1 aromatic rings. The Labute approximate surface area is 97.9 Å². The van der Waals surface area contributed by atoms with E-state index >= 15 is 0 Å². The van der Waals surface area contributed by atoms with Crippen LogP contribution in [0, 0.1) is 5.92 Å². The normalized spacial score (nSPS) is 24.8. The van der Waals surface area contributed by atoms with Crippen molar-refractivity contribution in [2.75, 3.05) is 23.3 Å². The highest BCUT2D eigenvalue weighted by molar-refractivity contribution is 5.48. The lowest BCUT2D eigenvalue weighted by molar-refractivity contribution is 0.625. The molecule has 0 radical (unpaired) electrons. The minimum atomic E-state index is 0.611. The largest absolute Gasteiger partial charge is 0.370 e. The van der Waals surface area contributed by atoms with Crippen molar-refractivity contribution in [2.24, 2.45) is 5.92 Å². The number of hydrogen-bond acceptors (Lipinski definition) is 3. The fourth-order valence-corrected chi connectivity index (χ4v) is 2.48. The molecule has 0 aromatic carbocycles. The Hall–Kier alpha value is -1.25. The van der Waals surface area contributed by atoms with Crippen LogP contribution in [0.3, 0.4) is 0 Å². The molecular weight excluding hydrogens is 198 g/mol. The van der Waals surface area contributed by atoms with Gasteiger partial charge in [-0.3, -0.25) is 0 Å². The van der Waals surface area contributed by atoms with Crippen molar-refractivity contribution in [3.8, 4) is 0 Å². The molecular formula is C13H21N3. The SMILES string of the molecule is CCNc1cccc(N2CC(C)CC2C)n1. The van der Waals surface area contributed by atoms with Gasteiger partial charge in [-0.1, -0.05) is 13.0 Å². The summed E-state index contributed by atoms with van der Waals surface area (Å²) in [6, 6.07) is 6.82. The Morgan fingerprint density at radius 2 is 2.25 bits per heavy atom. The molecule has 1 N–H and O–H groups in total. The monoisotopic (exact) mass is 219 g/mol. The van der Waals surface area contributed by atoms with Crippen LogP contribution in [0.25, 0.3) is 0 Å². The van der Waals surface area contributed by atoms with Crippen molar-refractivity contribution in [1.82, 2.24) is 4.98 Å². The van der Waals surface area contributed by atoms with Gasteiger partial charge in [0.25, 0.3) is 0 Å². The van der Waals surface area contributed by atoms with E-state index in [1.165, 1.54) is 6.42 Å². The number of nitrogens with zero attached hydrogens (tertiary/aromatic N) is 2. The van der Waals surface area contributed by atoms with Gasteiger partial charge in [0, 0.05) is 19.1 Å². The number of nitrogens with one attached hydrogen (secondary N) is 1. The zero-order valence-corrected chi connectivity index (χ0v) is 10.4. The van der Waals surface area contributed by atoms with Crippen molar-refractivity contribution < 1.29 is 0 Å². The van der Waals surface area contributed by atoms with Crippen molar-refractivity contribution in [2.45, 2.75) is 33.2 Å². The van der Waals surface area contributed by atoms with Gasteiger partial charge in [0.1, 0.15) is 11.6 Å². The second-order valence-corrected chi connectivity index (χ2v) is 4.75. The Morgan fingerprint density at radius 1 is 1.44 bits per heavy atom. The average Bonchev–Trinajstić information content (AvgIpc) is 2.59. The Morgan fingerprint density at radius 3 is 2.88 bits per heavy atom. The maximum Gasteiger partial charge on any atom is 0.131 e. The molecule has 2 atom stereocenters. The highest BCUT2D eigenvalue weighted by atomic mass is 15.2. The summed E-state index contributed by atoms with van der Waals surface area (Å²) in [5.74, 6) is 2.86. The van der Waals surface area contributed by atoms with Gasteiger partial charge in [-0.2, -0.15) is 0 Å². The first-order valence-electron chi connectivity index (χ1n) is 6.18. The first kappa shape index (κ1) is 11.2. The molecule has 3 heteroatoms. The first-order valence-corrected chi connectivity index (χ1v) is 6.18. The molecule has 1 saturated heterocycles. The van der Waals surface area contributed by atoms with E-state index in [1.54, 1.807) is 0 Å². The molecule has 0 spiro atoms. The second-order valence-electron chi connectivity index (χ2n) is 4.75. The van der Waals surface area contributed by atoms with Crippen molar-refractivity contribution >= 4 is 11.6 Å². The number of aromatic nitrogens is 1. The van der Waals surface area contributed by atoms with Crippen LogP contribution >= 0.6 is 0 Å². The minimum Gasteiger partial charge on any atom is -0.370 e. The summed E-state index contributed by atoms with van der Waals surface area (Å²) >= 11 is 0. The zero-order chi connectivity index (χ0) is 11.5. The summed E-state index contributed by atoms with van der Waals surface area (Å²) in [6.07, 6.45) is 1.27. The molecule has 3 nitrogen and oxygen atoms in total. The lowest BCUT2D eigenvalue weighted by Crippen LogP contribution is -2.27. The number of rotatable bonds is 3. The summed E-state index contributed by atoms with van der Waals surface area (Å²) in [7, 11) is 0. The molecule has 2 heterocycles. The van der Waals surface area contributed by atoms with E-state index in [1.807, 2.05) is 6.07 Å². The summed E-state index contributed by atoms with van der Waals surface area (Å²) in [5, 5.41) is 3.26. The Kier molecular flexibility index (Phi) is 3.32. The second kappa shape index (κ2) is 4.73. The molecule has 1 aliphatic rings. The standard InChI is InChI=1S/C13H21N3/c1-4-14-12-6-5-7-13(15-12)16-9-10(2)8-11(16)3/h5-7,10-11H,4,8-9H2,1-3H3,(H,14,15). The molecule has 88 valence electrons. The van der Waals surface area contributed by atoms with Gasteiger partial charge in [0.15, 0.2) is 0 Å². The van der Waals surface area contributed by atoms with E-state index in [-0.39, 0.29) is 0 Å². The van der Waals surface area contributed by atoms with Gasteiger partial charge in [0.2, 0.25) is 0 Å². The highest BCUT2D eigenvalue weighted by Gasteiger charge is 2.26. The summed E-state index contributed by atoms with van der Waals surface area (Å²) in [4.78, 5) is 7.05. The van der Waals surface area contributed by atoms with Crippen LogP contribution in [-0.2, 0) is 0 Å². The van der Waals surface area contributed by atoms with Crippen LogP contribution in [0.4, 0.5) is 11.6 Å². The van der Waals surface area contributed by atoms with E-state index in [0.717, 1.165) is 30.6 Å². The van der Waals surface area contributed by atoms with Gasteiger partial charge < -0.3 is 10.2 Å². The maximum atomic E-state index is 4.64. The van der Waals surface area contributed by atoms with Crippen LogP contribution in [0.5, 0.6) is 0 Å². The lowest BCUT2D eigenvalue weighted by Gasteiger charge is -2.23. The molecule has 2 rings (SSSR count). The third-order valence-electron chi connectivity index (χ3n) is 3.17. The van der Waals surface area contributed by atoms with Crippen LogP contribution in [-0.4, -0.2) is 24.1 Å². The predicted octanol–water partition coefficient (Wildman–Crippen LogP) is 2.75. The quantitative estimate of drug-likeness (QED) is 0.847. The zero-order valence-electron chi connectivity index (χ0n) is 10.4. The molecule has 1 aromatic heterocycles. The number of pyridine rings is 1. The Balaban J connectivity index is 2.16. The molecule has 0 aliphatic carbocycles. The molecule has 0 amide bonds. The molecule has 0 bridgehead atoms. The molecule has 0 saturated carbocycles. The molecule has 2 unspecified atom stereocenters. The number of anilines is 2. The topological polar surface area (TPSA) is 28.2 Å². The van der Waals surface area contributed by atoms with E-state index in [2.05, 4.69) is 48.1 Å². The fourth-order valence-electron chi connectivity index (χ4n) is 2.48. The van der Waals surface area contributed by atoms with Crippen LogP contribution in [0.1, 0.15) is 27.2 Å². The predicted molar refractivity (Wildman–Crippen MR) is 69.0 cm³/mol. The third-order valence-corrected chi connectivity index (χ3v) is 3.17. The van der Waals surface area contributed by atoms with Crippen LogP contribution in [0.2, 0.25) is 0 Å². The van der Waals surface area contributed by atoms with Crippen LogP contribution < -0.4 is 10.2 Å². The summed E-state index contributed by atoms with van der Waals surface area (Å²) in [5.41, 5.74) is 0. The molecule has 1 fully saturated rings. The van der Waals surface area contributed by atoms with Gasteiger partial charge in [-0.25, -0.2) is 4.98 Å². The maximum absolute atomic E-state index is 4.64. The van der Waals surface area contributed by atoms with Gasteiger partial charge >= 0.3 is 0 Å². The van der Waals surface area contributed by atoms with E-state index in [0.29, 0.717) is 6.04 Å². The van der Waals surface area contributed by atoms with E-state index in [4.69, 9.17) is 0 Å². The molecule has 16 heavy (non-hydrogen) atoms. The Bertz CT molecular complexity index is 351. The van der Waals surface area contributed by atoms with E-state index in [9.17, 15) is 0 Å². The highest BCUT2D eigenvalue weighted by Crippen LogP contribution is 2.27. The average molecular weight is 219 g/mol. The van der Waals surface area contributed by atoms with Gasteiger partial charge in [-0.05, 0) is 38.3 Å². The van der Waals surface area contributed by atoms with Gasteiger partial charge in [0.05, 0.1) is 0 Å². The van der Waals surface area contributed by atoms with Crippen LogP contribution in [0.15, 0.2) is 18.2 Å². The first-order chi connectivity index (χ1) is 7.70. The van der Waals surface area contributed by atoms with E-state index < -0.39 is 0 Å². The summed E-state index contributed by atoms with van der Waals surface area (Å²) in [6.45, 7) is 8.73. The third kappa shape index (κ3) is 2.29. The summed E-state index contributed by atoms with van der Waals surface area (Å²) < 4.78 is 0. The van der Waals surface area contributed by atoms with Crippen molar-refractivity contribution in [3.05, 3.63) is 18.2 Å². The fraction of sp³-hybridized carbons (Fsp3) is 0.615. The number of hydrogen-bond donors (Lipinski definition) is 1. The molecule has 1 aliphatic heterocycles. The van der Waals surface area contributed by atoms with Crippen molar-refractivity contribution in [3.63, 3.8) is 0 Å². The lowest BCUT2D eigenvalue weighted by atomic mass is 10.1. The smallest absolute Gasteiger partial charge is 0.131 e. The van der Waals surface area contributed by atoms with Gasteiger partial charge in [-0.15, -0.1) is 0 Å². The van der Waals surface area contributed by atoms with Crippen molar-refractivity contribution in [1.29, 1.82) is 0 Å².